The highest BCUT2D eigenvalue weighted by atomic mass is 16.6. The van der Waals surface area contributed by atoms with Crippen LogP contribution in [0, 0.1) is 29.1 Å². The summed E-state index contributed by atoms with van der Waals surface area (Å²) in [4.78, 5) is 53.8. The number of aliphatic hydroxyl groups excluding tert-OH is 1. The van der Waals surface area contributed by atoms with Crippen molar-refractivity contribution in [3.05, 3.63) is 0 Å². The van der Waals surface area contributed by atoms with Crippen LogP contribution in [0.1, 0.15) is 73.1 Å². The van der Waals surface area contributed by atoms with E-state index in [9.17, 15) is 29.4 Å². The number of carbonyl (C=O) groups is 4. The van der Waals surface area contributed by atoms with Crippen LogP contribution in [0.2, 0.25) is 0 Å². The fourth-order valence-electron chi connectivity index (χ4n) is 6.76. The summed E-state index contributed by atoms with van der Waals surface area (Å²) in [5.41, 5.74) is -0.877. The maximum absolute atomic E-state index is 14.1. The number of ether oxygens (including phenoxy) is 2. The normalized spacial score (nSPS) is 28.9. The lowest BCUT2D eigenvalue weighted by molar-refractivity contribution is -0.151. The van der Waals surface area contributed by atoms with E-state index in [1.54, 1.807) is 25.7 Å². The number of aliphatic hydroxyl groups is 1. The molecule has 6 atom stereocenters. The Hall–Kier alpha value is -2.40. The highest BCUT2D eigenvalue weighted by molar-refractivity contribution is 5.93. The van der Waals surface area contributed by atoms with Crippen molar-refractivity contribution in [2.45, 2.75) is 103 Å². The molecule has 4 N–H and O–H groups in total. The standard InChI is InChI=1S/C28H45N3O8/c1-27(2,3)39-26(37)30-20(16-9-7-6-8-10-16)24(34)31-12-17-19(28(17,4)5)21(31)23(33)29-18(22(32)25(35)36)11-15-13-38-14-15/h15-22,32H,6-14H2,1-5H3,(H,29,33)(H,30,37)(H,35,36)/t17-,18?,19-,20-,21-,22?/m0/s1. The first kappa shape index (κ1) is 29.6. The van der Waals surface area contributed by atoms with Gasteiger partial charge in [0.15, 0.2) is 6.10 Å². The number of carboxylic acid groups (broad SMARTS) is 1. The molecule has 2 unspecified atom stereocenters. The molecule has 220 valence electrons. The molecule has 0 spiro atoms. The number of piperidine rings is 1. The molecule has 4 aliphatic rings. The Morgan fingerprint density at radius 2 is 1.72 bits per heavy atom. The van der Waals surface area contributed by atoms with E-state index in [1.165, 1.54) is 0 Å². The summed E-state index contributed by atoms with van der Waals surface area (Å²) < 4.78 is 10.7. The topological polar surface area (TPSA) is 154 Å². The molecule has 11 heteroatoms. The predicted octanol–water partition coefficient (Wildman–Crippen LogP) is 1.91. The van der Waals surface area contributed by atoms with Gasteiger partial charge in [-0.1, -0.05) is 33.1 Å². The quantitative estimate of drug-likeness (QED) is 0.339. The van der Waals surface area contributed by atoms with Crippen LogP contribution in [0.15, 0.2) is 0 Å². The molecule has 4 rings (SSSR count). The Kier molecular flexibility index (Phi) is 8.52. The van der Waals surface area contributed by atoms with Gasteiger partial charge in [0.05, 0.1) is 19.3 Å². The lowest BCUT2D eigenvalue weighted by Crippen LogP contribution is -2.60. The zero-order valence-electron chi connectivity index (χ0n) is 23.8. The van der Waals surface area contributed by atoms with E-state index in [4.69, 9.17) is 9.47 Å². The molecule has 0 bridgehead atoms. The third-order valence-corrected chi connectivity index (χ3v) is 9.08. The molecular formula is C28H45N3O8. The minimum absolute atomic E-state index is 0.0458. The van der Waals surface area contributed by atoms with Crippen molar-refractivity contribution in [1.29, 1.82) is 0 Å². The smallest absolute Gasteiger partial charge is 0.408 e. The summed E-state index contributed by atoms with van der Waals surface area (Å²) in [5.74, 6) is -2.18. The highest BCUT2D eigenvalue weighted by Gasteiger charge is 2.69. The van der Waals surface area contributed by atoms with Crippen molar-refractivity contribution in [3.8, 4) is 0 Å². The van der Waals surface area contributed by atoms with Crippen LogP contribution in [0.25, 0.3) is 0 Å². The SMILES string of the molecule is CC(C)(C)OC(=O)N[C@H](C(=O)N1C[C@H]2[C@@H]([C@H]1C(=O)NC(CC1COC1)C(O)C(=O)O)C2(C)C)C1CCCCC1. The minimum Gasteiger partial charge on any atom is -0.479 e. The average molecular weight is 552 g/mol. The Morgan fingerprint density at radius 1 is 1.08 bits per heavy atom. The van der Waals surface area contributed by atoms with E-state index in [1.807, 2.05) is 0 Å². The van der Waals surface area contributed by atoms with Gasteiger partial charge < -0.3 is 35.2 Å². The van der Waals surface area contributed by atoms with Gasteiger partial charge in [-0.2, -0.15) is 0 Å². The van der Waals surface area contributed by atoms with Crippen LogP contribution in [0.5, 0.6) is 0 Å². The van der Waals surface area contributed by atoms with Gasteiger partial charge in [0, 0.05) is 12.5 Å². The summed E-state index contributed by atoms with van der Waals surface area (Å²) in [7, 11) is 0. The van der Waals surface area contributed by atoms with E-state index in [0.717, 1.165) is 32.1 Å². The first-order chi connectivity index (χ1) is 18.2. The fourth-order valence-corrected chi connectivity index (χ4v) is 6.76. The third kappa shape index (κ3) is 6.51. The molecule has 2 saturated heterocycles. The van der Waals surface area contributed by atoms with Crippen LogP contribution in [0.3, 0.4) is 0 Å². The van der Waals surface area contributed by atoms with Gasteiger partial charge >= 0.3 is 12.1 Å². The number of amides is 3. The van der Waals surface area contributed by atoms with Gasteiger partial charge in [-0.15, -0.1) is 0 Å². The van der Waals surface area contributed by atoms with Crippen LogP contribution in [-0.4, -0.2) is 88.6 Å². The van der Waals surface area contributed by atoms with Gasteiger partial charge in [0.1, 0.15) is 17.7 Å². The van der Waals surface area contributed by atoms with Gasteiger partial charge in [-0.25, -0.2) is 9.59 Å². The van der Waals surface area contributed by atoms with Crippen molar-refractivity contribution in [2.24, 2.45) is 29.1 Å². The number of alkyl carbamates (subject to hydrolysis) is 1. The molecule has 2 heterocycles. The lowest BCUT2D eigenvalue weighted by atomic mass is 9.83. The van der Waals surface area contributed by atoms with Crippen LogP contribution >= 0.6 is 0 Å². The Bertz CT molecular complexity index is 953. The van der Waals surface area contributed by atoms with Crippen LogP contribution < -0.4 is 10.6 Å². The molecule has 0 aromatic rings. The van der Waals surface area contributed by atoms with E-state index < -0.39 is 47.8 Å². The van der Waals surface area contributed by atoms with E-state index in [-0.39, 0.29) is 41.4 Å². The second-order valence-corrected chi connectivity index (χ2v) is 13.4. The van der Waals surface area contributed by atoms with E-state index in [2.05, 4.69) is 24.5 Å². The number of rotatable bonds is 9. The zero-order valence-corrected chi connectivity index (χ0v) is 23.8. The van der Waals surface area contributed by atoms with E-state index >= 15 is 0 Å². The lowest BCUT2D eigenvalue weighted by Gasteiger charge is -2.38. The van der Waals surface area contributed by atoms with Crippen LogP contribution in [-0.2, 0) is 23.9 Å². The summed E-state index contributed by atoms with van der Waals surface area (Å²) in [6, 6.07) is -2.63. The second kappa shape index (κ2) is 11.2. The van der Waals surface area contributed by atoms with Crippen molar-refractivity contribution >= 4 is 23.9 Å². The first-order valence-electron chi connectivity index (χ1n) is 14.3. The van der Waals surface area contributed by atoms with Gasteiger partial charge in [0.2, 0.25) is 11.8 Å². The third-order valence-electron chi connectivity index (χ3n) is 9.08. The van der Waals surface area contributed by atoms with Crippen LogP contribution in [0.4, 0.5) is 4.79 Å². The van der Waals surface area contributed by atoms with E-state index in [0.29, 0.717) is 19.8 Å². The molecule has 11 nitrogen and oxygen atoms in total. The number of likely N-dealkylation sites (tertiary alicyclic amines) is 1. The molecule has 2 aliphatic carbocycles. The summed E-state index contributed by atoms with van der Waals surface area (Å²) >= 11 is 0. The Labute approximate surface area is 230 Å². The second-order valence-electron chi connectivity index (χ2n) is 13.4. The number of hydrogen-bond donors (Lipinski definition) is 4. The number of hydrogen-bond acceptors (Lipinski definition) is 7. The van der Waals surface area contributed by atoms with Crippen molar-refractivity contribution in [1.82, 2.24) is 15.5 Å². The van der Waals surface area contributed by atoms with Gasteiger partial charge in [-0.3, -0.25) is 9.59 Å². The van der Waals surface area contributed by atoms with Gasteiger partial charge in [-0.05, 0) is 63.2 Å². The number of carboxylic acids is 1. The molecule has 4 fully saturated rings. The van der Waals surface area contributed by atoms with Crippen molar-refractivity contribution < 1.29 is 38.9 Å². The maximum Gasteiger partial charge on any atom is 0.408 e. The highest BCUT2D eigenvalue weighted by Crippen LogP contribution is 2.65. The maximum atomic E-state index is 14.1. The molecule has 0 aromatic heterocycles. The van der Waals surface area contributed by atoms with Crippen molar-refractivity contribution in [2.75, 3.05) is 19.8 Å². The van der Waals surface area contributed by atoms with Crippen molar-refractivity contribution in [3.63, 3.8) is 0 Å². The molecule has 39 heavy (non-hydrogen) atoms. The Balaban J connectivity index is 1.55. The number of carbonyl (C=O) groups excluding carboxylic acids is 3. The number of nitrogens with zero attached hydrogens (tertiary/aromatic N) is 1. The number of nitrogens with one attached hydrogen (secondary N) is 2. The number of fused-ring (bicyclic) bond motifs is 1. The van der Waals surface area contributed by atoms with Gasteiger partial charge in [0.25, 0.3) is 0 Å². The Morgan fingerprint density at radius 3 is 2.26 bits per heavy atom. The summed E-state index contributed by atoms with van der Waals surface area (Å²) in [6.07, 6.45) is 2.44. The molecule has 2 aliphatic heterocycles. The average Bonchev–Trinajstić information content (AvgIpc) is 3.15. The summed E-state index contributed by atoms with van der Waals surface area (Å²) in [6.45, 7) is 10.7. The molecular weight excluding hydrogens is 506 g/mol. The zero-order chi connectivity index (χ0) is 28.7. The summed E-state index contributed by atoms with van der Waals surface area (Å²) in [5, 5.41) is 25.4. The first-order valence-corrected chi connectivity index (χ1v) is 14.3. The number of aliphatic carboxylic acids is 1. The predicted molar refractivity (Wildman–Crippen MR) is 140 cm³/mol. The molecule has 3 amide bonds. The molecule has 0 aromatic carbocycles. The largest absolute Gasteiger partial charge is 0.479 e. The molecule has 2 saturated carbocycles. The fraction of sp³-hybridized carbons (Fsp3) is 0.857. The minimum atomic E-state index is -1.77. The monoisotopic (exact) mass is 551 g/mol. The molecule has 0 radical (unpaired) electrons.